The van der Waals surface area contributed by atoms with E-state index in [-0.39, 0.29) is 0 Å². The molecule has 1 N–H and O–H groups in total. The predicted octanol–water partition coefficient (Wildman–Crippen LogP) is 5.45. The first-order chi connectivity index (χ1) is 9.45. The van der Waals surface area contributed by atoms with Gasteiger partial charge in [0.05, 0.1) is 16.1 Å². The third kappa shape index (κ3) is 4.28. The van der Waals surface area contributed by atoms with Gasteiger partial charge in [-0.15, -0.1) is 0 Å². The summed E-state index contributed by atoms with van der Waals surface area (Å²) in [6, 6.07) is 10.6. The van der Waals surface area contributed by atoms with Gasteiger partial charge in [0.15, 0.2) is 0 Å². The van der Waals surface area contributed by atoms with Crippen LogP contribution in [0.2, 0.25) is 20.1 Å². The summed E-state index contributed by atoms with van der Waals surface area (Å²) in [4.78, 5) is 0. The SMILES string of the molecule is OC(Cc1ccc(Cl)c(Cl)c1)Cc1ccc(Cl)cc1Cl. The molecular weight excluding hydrogens is 338 g/mol. The molecule has 0 radical (unpaired) electrons. The van der Waals surface area contributed by atoms with E-state index in [1.54, 1.807) is 24.3 Å². The number of aliphatic hydroxyl groups is 1. The van der Waals surface area contributed by atoms with Crippen LogP contribution in [-0.2, 0) is 12.8 Å². The Balaban J connectivity index is 2.04. The Labute approximate surface area is 138 Å². The summed E-state index contributed by atoms with van der Waals surface area (Å²) in [5, 5.41) is 12.3. The minimum absolute atomic E-state index is 0.455. The second-order valence-electron chi connectivity index (χ2n) is 4.55. The second kappa shape index (κ2) is 7.02. The maximum atomic E-state index is 10.1. The van der Waals surface area contributed by atoms with Crippen molar-refractivity contribution in [1.82, 2.24) is 0 Å². The van der Waals surface area contributed by atoms with E-state index >= 15 is 0 Å². The van der Waals surface area contributed by atoms with Crippen molar-refractivity contribution in [2.45, 2.75) is 18.9 Å². The van der Waals surface area contributed by atoms with Gasteiger partial charge < -0.3 is 5.11 Å². The van der Waals surface area contributed by atoms with Crippen LogP contribution in [0.1, 0.15) is 11.1 Å². The van der Waals surface area contributed by atoms with Gasteiger partial charge in [0.1, 0.15) is 0 Å². The molecule has 106 valence electrons. The van der Waals surface area contributed by atoms with Crippen molar-refractivity contribution in [2.24, 2.45) is 0 Å². The minimum Gasteiger partial charge on any atom is -0.392 e. The lowest BCUT2D eigenvalue weighted by Gasteiger charge is -2.12. The van der Waals surface area contributed by atoms with Crippen molar-refractivity contribution in [3.05, 3.63) is 67.6 Å². The fourth-order valence-corrected chi connectivity index (χ4v) is 2.76. The van der Waals surface area contributed by atoms with Crippen LogP contribution in [0, 0.1) is 0 Å². The fraction of sp³-hybridized carbons (Fsp3) is 0.200. The molecule has 0 aliphatic carbocycles. The summed E-state index contributed by atoms with van der Waals surface area (Å²) in [6.45, 7) is 0. The first-order valence-corrected chi connectivity index (χ1v) is 7.53. The van der Waals surface area contributed by atoms with Crippen LogP contribution >= 0.6 is 46.4 Å². The van der Waals surface area contributed by atoms with Crippen LogP contribution < -0.4 is 0 Å². The Kier molecular flexibility index (Phi) is 5.59. The zero-order chi connectivity index (χ0) is 14.7. The molecule has 0 saturated carbocycles. The highest BCUT2D eigenvalue weighted by molar-refractivity contribution is 6.42. The second-order valence-corrected chi connectivity index (χ2v) is 6.20. The van der Waals surface area contributed by atoms with Gasteiger partial charge >= 0.3 is 0 Å². The van der Waals surface area contributed by atoms with E-state index in [9.17, 15) is 5.11 Å². The third-order valence-electron chi connectivity index (χ3n) is 2.93. The van der Waals surface area contributed by atoms with E-state index in [1.165, 1.54) is 0 Å². The maximum absolute atomic E-state index is 10.1. The van der Waals surface area contributed by atoms with Crippen molar-refractivity contribution < 1.29 is 5.11 Å². The minimum atomic E-state index is -0.550. The molecule has 0 fully saturated rings. The number of hydrogen-bond acceptors (Lipinski definition) is 1. The Morgan fingerprint density at radius 2 is 1.55 bits per heavy atom. The summed E-state index contributed by atoms with van der Waals surface area (Å²) in [7, 11) is 0. The zero-order valence-electron chi connectivity index (χ0n) is 10.4. The highest BCUT2D eigenvalue weighted by Gasteiger charge is 2.11. The molecule has 2 aromatic rings. The molecule has 2 rings (SSSR count). The Bertz CT molecular complexity index is 613. The van der Waals surface area contributed by atoms with Crippen LogP contribution in [-0.4, -0.2) is 11.2 Å². The molecular formula is C15H12Cl4O. The molecule has 0 aliphatic rings. The van der Waals surface area contributed by atoms with Gasteiger partial charge in [-0.3, -0.25) is 0 Å². The normalized spacial score (nSPS) is 12.4. The summed E-state index contributed by atoms with van der Waals surface area (Å²) in [5.41, 5.74) is 1.79. The van der Waals surface area contributed by atoms with Crippen LogP contribution in [0.25, 0.3) is 0 Å². The van der Waals surface area contributed by atoms with Crippen molar-refractivity contribution >= 4 is 46.4 Å². The van der Waals surface area contributed by atoms with Gasteiger partial charge in [0, 0.05) is 16.5 Å². The van der Waals surface area contributed by atoms with Gasteiger partial charge in [-0.05, 0) is 41.8 Å². The lowest BCUT2D eigenvalue weighted by molar-refractivity contribution is 0.175. The van der Waals surface area contributed by atoms with Gasteiger partial charge in [0.25, 0.3) is 0 Å². The maximum Gasteiger partial charge on any atom is 0.0621 e. The molecule has 0 heterocycles. The first kappa shape index (κ1) is 15.9. The average molecular weight is 350 g/mol. The third-order valence-corrected chi connectivity index (χ3v) is 4.25. The smallest absolute Gasteiger partial charge is 0.0621 e. The highest BCUT2D eigenvalue weighted by atomic mass is 35.5. The van der Waals surface area contributed by atoms with Gasteiger partial charge in [-0.25, -0.2) is 0 Å². The van der Waals surface area contributed by atoms with E-state index in [0.29, 0.717) is 32.9 Å². The van der Waals surface area contributed by atoms with Crippen LogP contribution in [0.5, 0.6) is 0 Å². The van der Waals surface area contributed by atoms with E-state index in [1.807, 2.05) is 12.1 Å². The van der Waals surface area contributed by atoms with Crippen molar-refractivity contribution in [3.8, 4) is 0 Å². The quantitative estimate of drug-likeness (QED) is 0.778. The van der Waals surface area contributed by atoms with Crippen LogP contribution in [0.3, 0.4) is 0 Å². The number of aliphatic hydroxyl groups excluding tert-OH is 1. The van der Waals surface area contributed by atoms with Gasteiger partial charge in [-0.1, -0.05) is 58.5 Å². The molecule has 0 spiro atoms. The Morgan fingerprint density at radius 3 is 2.20 bits per heavy atom. The standard InChI is InChI=1S/C15H12Cl4O/c16-11-3-2-10(14(18)8-11)7-12(20)5-9-1-4-13(17)15(19)6-9/h1-4,6,8,12,20H,5,7H2. The number of benzene rings is 2. The van der Waals surface area contributed by atoms with Crippen LogP contribution in [0.15, 0.2) is 36.4 Å². The molecule has 0 aliphatic heterocycles. The molecule has 0 amide bonds. The highest BCUT2D eigenvalue weighted by Crippen LogP contribution is 2.25. The molecule has 1 atom stereocenters. The molecule has 2 aromatic carbocycles. The predicted molar refractivity (Wildman–Crippen MR) is 86.3 cm³/mol. The zero-order valence-corrected chi connectivity index (χ0v) is 13.4. The summed E-state index contributed by atoms with van der Waals surface area (Å²) in [6.07, 6.45) is 0.387. The largest absolute Gasteiger partial charge is 0.392 e. The lowest BCUT2D eigenvalue weighted by atomic mass is 10.0. The van der Waals surface area contributed by atoms with E-state index in [2.05, 4.69) is 0 Å². The first-order valence-electron chi connectivity index (χ1n) is 6.01. The van der Waals surface area contributed by atoms with E-state index in [4.69, 9.17) is 46.4 Å². The molecule has 20 heavy (non-hydrogen) atoms. The topological polar surface area (TPSA) is 20.2 Å². The lowest BCUT2D eigenvalue weighted by Crippen LogP contribution is -2.14. The summed E-state index contributed by atoms with van der Waals surface area (Å²) < 4.78 is 0. The average Bonchev–Trinajstić information content (AvgIpc) is 2.37. The molecule has 0 saturated heterocycles. The van der Waals surface area contributed by atoms with Gasteiger partial charge in [0.2, 0.25) is 0 Å². The summed E-state index contributed by atoms with van der Waals surface area (Å²) >= 11 is 23.7. The Morgan fingerprint density at radius 1 is 0.800 bits per heavy atom. The molecule has 0 bridgehead atoms. The van der Waals surface area contributed by atoms with Crippen molar-refractivity contribution in [1.29, 1.82) is 0 Å². The van der Waals surface area contributed by atoms with Crippen molar-refractivity contribution in [3.63, 3.8) is 0 Å². The monoisotopic (exact) mass is 348 g/mol. The molecule has 5 heteroatoms. The molecule has 0 aromatic heterocycles. The Hall–Kier alpha value is -0.440. The molecule has 1 nitrogen and oxygen atoms in total. The van der Waals surface area contributed by atoms with E-state index < -0.39 is 6.10 Å². The fourth-order valence-electron chi connectivity index (χ4n) is 1.95. The van der Waals surface area contributed by atoms with Crippen molar-refractivity contribution in [2.75, 3.05) is 0 Å². The van der Waals surface area contributed by atoms with E-state index in [0.717, 1.165) is 11.1 Å². The van der Waals surface area contributed by atoms with Gasteiger partial charge in [-0.2, -0.15) is 0 Å². The molecule has 1 unspecified atom stereocenters. The number of hydrogen-bond donors (Lipinski definition) is 1. The number of rotatable bonds is 4. The number of halogens is 4. The summed E-state index contributed by atoms with van der Waals surface area (Å²) in [5.74, 6) is 0. The van der Waals surface area contributed by atoms with Crippen LogP contribution in [0.4, 0.5) is 0 Å².